The highest BCUT2D eigenvalue weighted by Crippen LogP contribution is 2.21. The van der Waals surface area contributed by atoms with Gasteiger partial charge < -0.3 is 4.74 Å². The van der Waals surface area contributed by atoms with Crippen LogP contribution in [0.1, 0.15) is 28.4 Å². The molecule has 3 aromatic rings. The second kappa shape index (κ2) is 6.64. The Morgan fingerprint density at radius 3 is 2.79 bits per heavy atom. The number of benzene rings is 1. The summed E-state index contributed by atoms with van der Waals surface area (Å²) in [7, 11) is 0. The van der Waals surface area contributed by atoms with Crippen molar-refractivity contribution in [1.82, 2.24) is 9.55 Å². The van der Waals surface area contributed by atoms with Crippen LogP contribution < -0.4 is 5.56 Å². The number of rotatable bonds is 4. The van der Waals surface area contributed by atoms with E-state index in [4.69, 9.17) is 10.00 Å². The summed E-state index contributed by atoms with van der Waals surface area (Å²) in [5, 5.41) is 10.7. The zero-order valence-corrected chi connectivity index (χ0v) is 13.7. The fourth-order valence-electron chi connectivity index (χ4n) is 2.32. The second-order valence-electron chi connectivity index (χ2n) is 5.04. The number of hydrogen-bond acceptors (Lipinski definition) is 6. The molecular weight excluding hydrogens is 326 g/mol. The zero-order valence-electron chi connectivity index (χ0n) is 12.9. The van der Waals surface area contributed by atoms with E-state index in [1.165, 1.54) is 22.2 Å². The van der Waals surface area contributed by atoms with Crippen molar-refractivity contribution >= 4 is 27.5 Å². The number of fused-ring (bicyclic) bond motifs is 1. The predicted octanol–water partition coefficient (Wildman–Crippen LogP) is 2.55. The SMILES string of the molecule is CCOC(=O)c1csc2ncn(Cc3ccc(C#N)cc3)c(=O)c12. The molecule has 0 saturated carbocycles. The van der Waals surface area contributed by atoms with Gasteiger partial charge in [0.15, 0.2) is 0 Å². The van der Waals surface area contributed by atoms with Gasteiger partial charge in [0.2, 0.25) is 0 Å². The van der Waals surface area contributed by atoms with Crippen molar-refractivity contribution in [3.8, 4) is 6.07 Å². The summed E-state index contributed by atoms with van der Waals surface area (Å²) in [4.78, 5) is 29.5. The Balaban J connectivity index is 2.01. The second-order valence-corrected chi connectivity index (χ2v) is 5.89. The van der Waals surface area contributed by atoms with Crippen LogP contribution >= 0.6 is 11.3 Å². The van der Waals surface area contributed by atoms with Gasteiger partial charge in [-0.1, -0.05) is 12.1 Å². The molecule has 6 nitrogen and oxygen atoms in total. The summed E-state index contributed by atoms with van der Waals surface area (Å²) in [6.07, 6.45) is 1.47. The monoisotopic (exact) mass is 339 g/mol. The largest absolute Gasteiger partial charge is 0.462 e. The lowest BCUT2D eigenvalue weighted by Crippen LogP contribution is -2.22. The number of ether oxygens (including phenoxy) is 1. The highest BCUT2D eigenvalue weighted by molar-refractivity contribution is 7.17. The average Bonchev–Trinajstić information content (AvgIpc) is 3.03. The summed E-state index contributed by atoms with van der Waals surface area (Å²) >= 11 is 1.24. The number of nitrogens with zero attached hydrogens (tertiary/aromatic N) is 3. The molecule has 0 radical (unpaired) electrons. The van der Waals surface area contributed by atoms with Gasteiger partial charge in [0, 0.05) is 5.38 Å². The Morgan fingerprint density at radius 2 is 2.12 bits per heavy atom. The summed E-state index contributed by atoms with van der Waals surface area (Å²) in [5.74, 6) is -0.515. The van der Waals surface area contributed by atoms with Crippen LogP contribution in [0.2, 0.25) is 0 Å². The van der Waals surface area contributed by atoms with E-state index in [1.807, 2.05) is 0 Å². The average molecular weight is 339 g/mol. The number of aromatic nitrogens is 2. The van der Waals surface area contributed by atoms with Crippen LogP contribution in [0, 0.1) is 11.3 Å². The maximum atomic E-state index is 12.7. The topological polar surface area (TPSA) is 85.0 Å². The van der Waals surface area contributed by atoms with E-state index in [0.29, 0.717) is 16.9 Å². The standard InChI is InChI=1S/C17H13N3O3S/c1-2-23-17(22)13-9-24-15-14(13)16(21)20(10-19-15)8-12-5-3-11(7-18)4-6-12/h3-6,9-10H,2,8H2,1H3. The Morgan fingerprint density at radius 1 is 1.38 bits per heavy atom. The van der Waals surface area contributed by atoms with E-state index in [-0.39, 0.29) is 23.1 Å². The minimum atomic E-state index is -0.515. The van der Waals surface area contributed by atoms with E-state index in [1.54, 1.807) is 36.6 Å². The highest BCUT2D eigenvalue weighted by Gasteiger charge is 2.18. The van der Waals surface area contributed by atoms with Crippen LogP contribution in [0.3, 0.4) is 0 Å². The van der Waals surface area contributed by atoms with Crippen molar-refractivity contribution in [2.24, 2.45) is 0 Å². The molecule has 0 aliphatic heterocycles. The van der Waals surface area contributed by atoms with Gasteiger partial charge in [0.1, 0.15) is 4.83 Å². The van der Waals surface area contributed by atoms with Crippen LogP contribution in [-0.2, 0) is 11.3 Å². The summed E-state index contributed by atoms with van der Waals surface area (Å²) in [6.45, 7) is 2.27. The normalized spacial score (nSPS) is 10.5. The number of nitriles is 1. The summed E-state index contributed by atoms with van der Waals surface area (Å²) in [6, 6.07) is 9.02. The van der Waals surface area contributed by atoms with Crippen molar-refractivity contribution < 1.29 is 9.53 Å². The Kier molecular flexibility index (Phi) is 4.40. The van der Waals surface area contributed by atoms with Crippen LogP contribution in [0.25, 0.3) is 10.2 Å². The summed E-state index contributed by atoms with van der Waals surface area (Å²) in [5.41, 5.74) is 1.39. The Labute approximate surface area is 141 Å². The van der Waals surface area contributed by atoms with Crippen LogP contribution in [0.5, 0.6) is 0 Å². The number of carbonyl (C=O) groups excluding carboxylic acids is 1. The molecule has 0 amide bonds. The molecule has 0 aliphatic carbocycles. The molecule has 0 N–H and O–H groups in total. The van der Waals surface area contributed by atoms with Gasteiger partial charge in [0.25, 0.3) is 5.56 Å². The van der Waals surface area contributed by atoms with Gasteiger partial charge in [-0.3, -0.25) is 9.36 Å². The van der Waals surface area contributed by atoms with E-state index in [9.17, 15) is 9.59 Å². The molecule has 7 heteroatoms. The minimum absolute atomic E-state index is 0.246. The molecule has 3 rings (SSSR count). The molecule has 120 valence electrons. The first kappa shape index (κ1) is 15.9. The van der Waals surface area contributed by atoms with E-state index in [0.717, 1.165) is 5.56 Å². The lowest BCUT2D eigenvalue weighted by atomic mass is 10.1. The van der Waals surface area contributed by atoms with Gasteiger partial charge in [-0.2, -0.15) is 5.26 Å². The maximum absolute atomic E-state index is 12.7. The molecule has 0 unspecified atom stereocenters. The van der Waals surface area contributed by atoms with Crippen molar-refractivity contribution in [2.75, 3.05) is 6.61 Å². The third-order valence-corrected chi connectivity index (χ3v) is 4.38. The highest BCUT2D eigenvalue weighted by atomic mass is 32.1. The van der Waals surface area contributed by atoms with E-state index >= 15 is 0 Å². The molecule has 2 heterocycles. The lowest BCUT2D eigenvalue weighted by Gasteiger charge is -2.06. The van der Waals surface area contributed by atoms with E-state index < -0.39 is 5.97 Å². The smallest absolute Gasteiger partial charge is 0.339 e. The van der Waals surface area contributed by atoms with Crippen LogP contribution in [0.15, 0.2) is 40.8 Å². The zero-order chi connectivity index (χ0) is 17.1. The van der Waals surface area contributed by atoms with Gasteiger partial charge in [-0.25, -0.2) is 9.78 Å². The van der Waals surface area contributed by atoms with Gasteiger partial charge in [-0.05, 0) is 24.6 Å². The molecule has 0 bridgehead atoms. The molecule has 24 heavy (non-hydrogen) atoms. The lowest BCUT2D eigenvalue weighted by molar-refractivity contribution is 0.0529. The first-order valence-electron chi connectivity index (χ1n) is 7.27. The van der Waals surface area contributed by atoms with Gasteiger partial charge in [-0.15, -0.1) is 11.3 Å². The minimum Gasteiger partial charge on any atom is -0.462 e. The molecule has 1 aromatic carbocycles. The number of thiophene rings is 1. The first-order chi connectivity index (χ1) is 11.6. The van der Waals surface area contributed by atoms with Crippen LogP contribution in [-0.4, -0.2) is 22.1 Å². The quantitative estimate of drug-likeness (QED) is 0.682. The molecular formula is C17H13N3O3S. The summed E-state index contributed by atoms with van der Waals surface area (Å²) < 4.78 is 6.44. The molecule has 0 fully saturated rings. The Bertz CT molecular complexity index is 997. The van der Waals surface area contributed by atoms with Crippen molar-refractivity contribution in [2.45, 2.75) is 13.5 Å². The van der Waals surface area contributed by atoms with Crippen molar-refractivity contribution in [3.63, 3.8) is 0 Å². The maximum Gasteiger partial charge on any atom is 0.339 e. The predicted molar refractivity (Wildman–Crippen MR) is 90.1 cm³/mol. The molecule has 2 aromatic heterocycles. The van der Waals surface area contributed by atoms with Gasteiger partial charge >= 0.3 is 5.97 Å². The molecule has 0 atom stereocenters. The first-order valence-corrected chi connectivity index (χ1v) is 8.14. The van der Waals surface area contributed by atoms with Crippen molar-refractivity contribution in [1.29, 1.82) is 5.26 Å². The Hall–Kier alpha value is -2.98. The fraction of sp³-hybridized carbons (Fsp3) is 0.176. The molecule has 0 spiro atoms. The number of carbonyl (C=O) groups is 1. The molecule has 0 saturated heterocycles. The number of esters is 1. The van der Waals surface area contributed by atoms with Gasteiger partial charge in [0.05, 0.1) is 42.1 Å². The third-order valence-electron chi connectivity index (χ3n) is 3.49. The number of hydrogen-bond donors (Lipinski definition) is 0. The third kappa shape index (κ3) is 2.92. The fourth-order valence-corrected chi connectivity index (χ4v) is 3.19. The van der Waals surface area contributed by atoms with Crippen molar-refractivity contribution in [3.05, 3.63) is 63.0 Å². The molecule has 0 aliphatic rings. The van der Waals surface area contributed by atoms with Crippen LogP contribution in [0.4, 0.5) is 0 Å². The van der Waals surface area contributed by atoms with E-state index in [2.05, 4.69) is 11.1 Å².